The molecule has 0 spiro atoms. The third-order valence-corrected chi connectivity index (χ3v) is 2.51. The second-order valence-corrected chi connectivity index (χ2v) is 3.86. The maximum Gasteiger partial charge on any atom is 0.138 e. The van der Waals surface area contributed by atoms with Gasteiger partial charge in [0.1, 0.15) is 5.75 Å². The summed E-state index contributed by atoms with van der Waals surface area (Å²) >= 11 is 0. The molecule has 0 aliphatic rings. The third kappa shape index (κ3) is 2.54. The Morgan fingerprint density at radius 1 is 1.00 bits per heavy atom. The predicted octanol–water partition coefficient (Wildman–Crippen LogP) is 3.31. The Morgan fingerprint density at radius 3 is 2.38 bits per heavy atom. The van der Waals surface area contributed by atoms with Crippen molar-refractivity contribution in [1.29, 1.82) is 0 Å². The van der Waals surface area contributed by atoms with E-state index >= 15 is 0 Å². The normalized spacial score (nSPS) is 10.1. The van der Waals surface area contributed by atoms with Crippen LogP contribution in [0.25, 0.3) is 0 Å². The van der Waals surface area contributed by atoms with Crippen molar-refractivity contribution in [3.8, 4) is 5.75 Å². The van der Waals surface area contributed by atoms with Crippen molar-refractivity contribution in [2.24, 2.45) is 0 Å². The van der Waals surface area contributed by atoms with Crippen LogP contribution in [0, 0.1) is 6.92 Å². The number of phenols is 1. The standard InChI is InChI=1S/C14H15NO/c1-11-6-8-12(9-7-11)10-15-13-4-2-3-5-14(13)16/h2-9,15-16H,10H2,1H3. The van der Waals surface area contributed by atoms with E-state index in [4.69, 9.17) is 0 Å². The number of rotatable bonds is 3. The number of para-hydroxylation sites is 2. The topological polar surface area (TPSA) is 32.3 Å². The zero-order valence-electron chi connectivity index (χ0n) is 9.27. The van der Waals surface area contributed by atoms with Crippen molar-refractivity contribution in [1.82, 2.24) is 0 Å². The first-order chi connectivity index (χ1) is 7.75. The Balaban J connectivity index is 2.02. The Kier molecular flexibility index (Phi) is 3.10. The Labute approximate surface area is 95.6 Å². The highest BCUT2D eigenvalue weighted by molar-refractivity contribution is 5.55. The fourth-order valence-corrected chi connectivity index (χ4v) is 1.53. The van der Waals surface area contributed by atoms with Crippen LogP contribution in [0.3, 0.4) is 0 Å². The van der Waals surface area contributed by atoms with Crippen LogP contribution in [0.1, 0.15) is 11.1 Å². The molecule has 0 unspecified atom stereocenters. The Hall–Kier alpha value is -1.96. The van der Waals surface area contributed by atoms with Crippen LogP contribution in [0.15, 0.2) is 48.5 Å². The highest BCUT2D eigenvalue weighted by Crippen LogP contribution is 2.22. The molecule has 2 aromatic rings. The second kappa shape index (κ2) is 4.71. The minimum atomic E-state index is 0.287. The summed E-state index contributed by atoms with van der Waals surface area (Å²) in [6.07, 6.45) is 0. The van der Waals surface area contributed by atoms with Crippen LogP contribution >= 0.6 is 0 Å². The lowest BCUT2D eigenvalue weighted by Crippen LogP contribution is -1.99. The molecule has 0 aliphatic carbocycles. The minimum absolute atomic E-state index is 0.287. The second-order valence-electron chi connectivity index (χ2n) is 3.86. The lowest BCUT2D eigenvalue weighted by Gasteiger charge is -2.08. The summed E-state index contributed by atoms with van der Waals surface area (Å²) < 4.78 is 0. The monoisotopic (exact) mass is 213 g/mol. The van der Waals surface area contributed by atoms with Crippen LogP contribution in [-0.2, 0) is 6.54 Å². The molecule has 0 atom stereocenters. The van der Waals surface area contributed by atoms with E-state index in [1.807, 2.05) is 18.2 Å². The van der Waals surface area contributed by atoms with E-state index in [0.717, 1.165) is 12.2 Å². The van der Waals surface area contributed by atoms with Gasteiger partial charge in [-0.05, 0) is 24.6 Å². The summed E-state index contributed by atoms with van der Waals surface area (Å²) in [6, 6.07) is 15.6. The number of nitrogens with one attached hydrogen (secondary N) is 1. The van der Waals surface area contributed by atoms with Gasteiger partial charge < -0.3 is 10.4 Å². The van der Waals surface area contributed by atoms with Gasteiger partial charge in [0.25, 0.3) is 0 Å². The maximum absolute atomic E-state index is 9.57. The molecule has 0 saturated carbocycles. The van der Waals surface area contributed by atoms with Crippen molar-refractivity contribution in [2.75, 3.05) is 5.32 Å². The number of aromatic hydroxyl groups is 1. The lowest BCUT2D eigenvalue weighted by molar-refractivity contribution is 0.477. The molecule has 0 radical (unpaired) electrons. The summed E-state index contributed by atoms with van der Waals surface area (Å²) in [5.41, 5.74) is 3.23. The summed E-state index contributed by atoms with van der Waals surface area (Å²) in [6.45, 7) is 2.79. The summed E-state index contributed by atoms with van der Waals surface area (Å²) in [7, 11) is 0. The van der Waals surface area contributed by atoms with Crippen molar-refractivity contribution in [2.45, 2.75) is 13.5 Å². The van der Waals surface area contributed by atoms with Gasteiger partial charge in [0, 0.05) is 6.54 Å². The van der Waals surface area contributed by atoms with Gasteiger partial charge in [0.2, 0.25) is 0 Å². The number of hydrogen-bond donors (Lipinski definition) is 2. The van der Waals surface area contributed by atoms with Crippen molar-refractivity contribution in [3.63, 3.8) is 0 Å². The average molecular weight is 213 g/mol. The van der Waals surface area contributed by atoms with Gasteiger partial charge in [0.15, 0.2) is 0 Å². The van der Waals surface area contributed by atoms with E-state index < -0.39 is 0 Å². The van der Waals surface area contributed by atoms with Crippen LogP contribution in [0.5, 0.6) is 5.75 Å². The van der Waals surface area contributed by atoms with Gasteiger partial charge in [-0.15, -0.1) is 0 Å². The predicted molar refractivity (Wildman–Crippen MR) is 66.6 cm³/mol. The smallest absolute Gasteiger partial charge is 0.138 e. The van der Waals surface area contributed by atoms with Crippen LogP contribution in [-0.4, -0.2) is 5.11 Å². The summed E-state index contributed by atoms with van der Waals surface area (Å²) in [5.74, 6) is 0.287. The third-order valence-electron chi connectivity index (χ3n) is 2.51. The number of anilines is 1. The molecule has 16 heavy (non-hydrogen) atoms. The fourth-order valence-electron chi connectivity index (χ4n) is 1.53. The van der Waals surface area contributed by atoms with Crippen LogP contribution in [0.2, 0.25) is 0 Å². The quantitative estimate of drug-likeness (QED) is 0.767. The van der Waals surface area contributed by atoms with Gasteiger partial charge in [-0.1, -0.05) is 42.0 Å². The fraction of sp³-hybridized carbons (Fsp3) is 0.143. The molecule has 0 heterocycles. The van der Waals surface area contributed by atoms with Crippen LogP contribution in [0.4, 0.5) is 5.69 Å². The molecule has 0 saturated heterocycles. The molecule has 0 aromatic heterocycles. The highest BCUT2D eigenvalue weighted by Gasteiger charge is 1.98. The zero-order chi connectivity index (χ0) is 11.4. The number of benzene rings is 2. The van der Waals surface area contributed by atoms with E-state index in [-0.39, 0.29) is 5.75 Å². The van der Waals surface area contributed by atoms with E-state index in [1.54, 1.807) is 6.07 Å². The molecular weight excluding hydrogens is 198 g/mol. The molecule has 0 aliphatic heterocycles. The Bertz CT molecular complexity index is 462. The molecule has 0 fully saturated rings. The minimum Gasteiger partial charge on any atom is -0.506 e. The van der Waals surface area contributed by atoms with Gasteiger partial charge in [-0.2, -0.15) is 0 Å². The number of hydrogen-bond acceptors (Lipinski definition) is 2. The van der Waals surface area contributed by atoms with E-state index in [1.165, 1.54) is 11.1 Å². The maximum atomic E-state index is 9.57. The molecular formula is C14H15NO. The molecule has 0 amide bonds. The summed E-state index contributed by atoms with van der Waals surface area (Å²) in [5, 5.41) is 12.8. The summed E-state index contributed by atoms with van der Waals surface area (Å²) in [4.78, 5) is 0. The number of aryl methyl sites for hydroxylation is 1. The molecule has 2 aromatic carbocycles. The Morgan fingerprint density at radius 2 is 1.69 bits per heavy atom. The zero-order valence-corrected chi connectivity index (χ0v) is 9.27. The van der Waals surface area contributed by atoms with Crippen molar-refractivity contribution in [3.05, 3.63) is 59.7 Å². The van der Waals surface area contributed by atoms with Gasteiger partial charge in [0.05, 0.1) is 5.69 Å². The first-order valence-corrected chi connectivity index (χ1v) is 5.33. The first kappa shape index (κ1) is 10.6. The van der Waals surface area contributed by atoms with E-state index in [2.05, 4.69) is 36.5 Å². The van der Waals surface area contributed by atoms with Gasteiger partial charge in [-0.25, -0.2) is 0 Å². The first-order valence-electron chi connectivity index (χ1n) is 5.33. The van der Waals surface area contributed by atoms with Crippen LogP contribution < -0.4 is 5.32 Å². The SMILES string of the molecule is Cc1ccc(CNc2ccccc2O)cc1. The highest BCUT2D eigenvalue weighted by atomic mass is 16.3. The number of phenolic OH excluding ortho intramolecular Hbond substituents is 1. The molecule has 2 heteroatoms. The largest absolute Gasteiger partial charge is 0.506 e. The molecule has 0 bridgehead atoms. The average Bonchev–Trinajstić information content (AvgIpc) is 2.30. The van der Waals surface area contributed by atoms with Crippen molar-refractivity contribution >= 4 is 5.69 Å². The van der Waals surface area contributed by atoms with E-state index in [0.29, 0.717) is 0 Å². The molecule has 2 nitrogen and oxygen atoms in total. The lowest BCUT2D eigenvalue weighted by atomic mass is 10.1. The molecule has 2 rings (SSSR count). The van der Waals surface area contributed by atoms with Gasteiger partial charge in [-0.3, -0.25) is 0 Å². The molecule has 2 N–H and O–H groups in total. The molecule has 82 valence electrons. The van der Waals surface area contributed by atoms with E-state index in [9.17, 15) is 5.11 Å². The van der Waals surface area contributed by atoms with Crippen molar-refractivity contribution < 1.29 is 5.11 Å². The van der Waals surface area contributed by atoms with Gasteiger partial charge >= 0.3 is 0 Å².